The van der Waals surface area contributed by atoms with E-state index in [4.69, 9.17) is 5.11 Å². The van der Waals surface area contributed by atoms with Gasteiger partial charge in [0.05, 0.1) is 5.56 Å². The lowest BCUT2D eigenvalue weighted by Gasteiger charge is -1.97. The number of aromatic carboxylic acids is 1. The molecule has 1 N–H and O–H groups in total. The standard InChI is InChI=1S/C9H6O3S/c10-8-4-6-3-5(9(11)12)1-2-7(6)13-8/h1-3H,4H2,(H,11,12). The van der Waals surface area contributed by atoms with E-state index in [0.717, 1.165) is 10.5 Å². The van der Waals surface area contributed by atoms with Crippen LogP contribution in [0.2, 0.25) is 0 Å². The lowest BCUT2D eigenvalue weighted by Crippen LogP contribution is -1.97. The molecule has 0 unspecified atom stereocenters. The molecule has 1 heterocycles. The summed E-state index contributed by atoms with van der Waals surface area (Å²) >= 11 is 1.18. The SMILES string of the molecule is O=C1Cc2cc(C(=O)O)ccc2S1. The topological polar surface area (TPSA) is 54.4 Å². The highest BCUT2D eigenvalue weighted by Crippen LogP contribution is 2.32. The Morgan fingerprint density at radius 2 is 2.23 bits per heavy atom. The zero-order valence-electron chi connectivity index (χ0n) is 6.61. The van der Waals surface area contributed by atoms with Gasteiger partial charge in [0.2, 0.25) is 0 Å². The van der Waals surface area contributed by atoms with Crippen molar-refractivity contribution in [2.45, 2.75) is 11.3 Å². The van der Waals surface area contributed by atoms with Gasteiger partial charge in [0.15, 0.2) is 5.12 Å². The third-order valence-corrected chi connectivity index (χ3v) is 2.86. The molecule has 0 atom stereocenters. The summed E-state index contributed by atoms with van der Waals surface area (Å²) in [6.45, 7) is 0. The Morgan fingerprint density at radius 1 is 1.46 bits per heavy atom. The maximum absolute atomic E-state index is 11.0. The summed E-state index contributed by atoms with van der Waals surface area (Å²) in [5.41, 5.74) is 1.07. The van der Waals surface area contributed by atoms with E-state index < -0.39 is 5.97 Å². The second-order valence-electron chi connectivity index (χ2n) is 2.78. The van der Waals surface area contributed by atoms with Crippen molar-refractivity contribution in [3.05, 3.63) is 29.3 Å². The van der Waals surface area contributed by atoms with Crippen LogP contribution in [0.1, 0.15) is 15.9 Å². The average molecular weight is 194 g/mol. The van der Waals surface area contributed by atoms with Crippen molar-refractivity contribution in [1.29, 1.82) is 0 Å². The van der Waals surface area contributed by atoms with Crippen LogP contribution in [-0.2, 0) is 11.2 Å². The van der Waals surface area contributed by atoms with Gasteiger partial charge in [-0.15, -0.1) is 0 Å². The first-order chi connectivity index (χ1) is 6.16. The molecule has 0 amide bonds. The van der Waals surface area contributed by atoms with Crippen LogP contribution >= 0.6 is 11.8 Å². The number of carboxylic acids is 1. The molecule has 0 saturated heterocycles. The van der Waals surface area contributed by atoms with Gasteiger partial charge in [0, 0.05) is 11.3 Å². The van der Waals surface area contributed by atoms with Crippen LogP contribution in [0, 0.1) is 0 Å². The number of hydrogen-bond donors (Lipinski definition) is 1. The lowest BCUT2D eigenvalue weighted by atomic mass is 10.1. The van der Waals surface area contributed by atoms with E-state index in [2.05, 4.69) is 0 Å². The molecule has 0 aromatic heterocycles. The van der Waals surface area contributed by atoms with Gasteiger partial charge < -0.3 is 5.11 Å². The second-order valence-corrected chi connectivity index (χ2v) is 3.88. The molecule has 0 saturated carbocycles. The van der Waals surface area contributed by atoms with Gasteiger partial charge in [-0.1, -0.05) is 11.8 Å². The fourth-order valence-electron chi connectivity index (χ4n) is 1.26. The molecule has 66 valence electrons. The third-order valence-electron chi connectivity index (χ3n) is 1.87. The molecule has 4 heteroatoms. The van der Waals surface area contributed by atoms with E-state index in [0.29, 0.717) is 6.42 Å². The molecule has 0 spiro atoms. The normalized spacial score (nSPS) is 14.3. The molecule has 3 nitrogen and oxygen atoms in total. The predicted octanol–water partition coefficient (Wildman–Crippen LogP) is 1.56. The monoisotopic (exact) mass is 194 g/mol. The van der Waals surface area contributed by atoms with Crippen LogP contribution in [0.3, 0.4) is 0 Å². The van der Waals surface area contributed by atoms with E-state index in [1.165, 1.54) is 17.8 Å². The summed E-state index contributed by atoms with van der Waals surface area (Å²) in [5, 5.41) is 8.77. The molecule has 0 fully saturated rings. The molecule has 2 rings (SSSR count). The molecule has 1 aromatic rings. The maximum atomic E-state index is 11.0. The second kappa shape index (κ2) is 2.88. The Bertz CT molecular complexity index is 398. The summed E-state index contributed by atoms with van der Waals surface area (Å²) < 4.78 is 0. The van der Waals surface area contributed by atoms with E-state index >= 15 is 0 Å². The Labute approximate surface area is 78.8 Å². The Kier molecular flexibility index (Phi) is 1.84. The number of benzene rings is 1. The molecule has 13 heavy (non-hydrogen) atoms. The van der Waals surface area contributed by atoms with Gasteiger partial charge in [-0.05, 0) is 23.8 Å². The molecule has 1 aromatic carbocycles. The van der Waals surface area contributed by atoms with Gasteiger partial charge in [0.1, 0.15) is 0 Å². The Morgan fingerprint density at radius 3 is 2.92 bits per heavy atom. The quantitative estimate of drug-likeness (QED) is 0.737. The minimum Gasteiger partial charge on any atom is -0.478 e. The molecular formula is C9H6O3S. The molecule has 1 aliphatic rings. The first-order valence-electron chi connectivity index (χ1n) is 3.74. The van der Waals surface area contributed by atoms with Crippen molar-refractivity contribution >= 4 is 22.8 Å². The van der Waals surface area contributed by atoms with Crippen molar-refractivity contribution in [3.8, 4) is 0 Å². The fraction of sp³-hybridized carbons (Fsp3) is 0.111. The first-order valence-corrected chi connectivity index (χ1v) is 4.55. The first kappa shape index (κ1) is 8.31. The van der Waals surface area contributed by atoms with Gasteiger partial charge >= 0.3 is 5.97 Å². The molecular weight excluding hydrogens is 188 g/mol. The number of rotatable bonds is 1. The summed E-state index contributed by atoms with van der Waals surface area (Å²) in [6, 6.07) is 4.77. The van der Waals surface area contributed by atoms with Crippen molar-refractivity contribution in [2.75, 3.05) is 0 Å². The predicted molar refractivity (Wildman–Crippen MR) is 48.0 cm³/mol. The number of carboxylic acid groups (broad SMARTS) is 1. The maximum Gasteiger partial charge on any atom is 0.335 e. The van der Waals surface area contributed by atoms with Crippen LogP contribution < -0.4 is 0 Å². The van der Waals surface area contributed by atoms with Crippen molar-refractivity contribution in [2.24, 2.45) is 0 Å². The van der Waals surface area contributed by atoms with Crippen LogP contribution in [0.25, 0.3) is 0 Å². The number of carbonyl (C=O) groups is 2. The van der Waals surface area contributed by atoms with Gasteiger partial charge in [-0.3, -0.25) is 4.79 Å². The van der Waals surface area contributed by atoms with E-state index in [9.17, 15) is 9.59 Å². The largest absolute Gasteiger partial charge is 0.478 e. The van der Waals surface area contributed by atoms with Gasteiger partial charge in [-0.25, -0.2) is 4.79 Å². The third kappa shape index (κ3) is 1.45. The highest BCUT2D eigenvalue weighted by atomic mass is 32.2. The van der Waals surface area contributed by atoms with E-state index in [1.807, 2.05) is 0 Å². The average Bonchev–Trinajstić information content (AvgIpc) is 2.42. The number of hydrogen-bond acceptors (Lipinski definition) is 3. The zero-order valence-corrected chi connectivity index (χ0v) is 7.43. The smallest absolute Gasteiger partial charge is 0.335 e. The Balaban J connectivity index is 2.45. The fourth-order valence-corrected chi connectivity index (χ4v) is 2.14. The van der Waals surface area contributed by atoms with Crippen molar-refractivity contribution < 1.29 is 14.7 Å². The summed E-state index contributed by atoms with van der Waals surface area (Å²) in [4.78, 5) is 22.5. The van der Waals surface area contributed by atoms with Gasteiger partial charge in [-0.2, -0.15) is 0 Å². The van der Waals surface area contributed by atoms with Crippen LogP contribution in [0.15, 0.2) is 23.1 Å². The minimum atomic E-state index is -0.952. The zero-order chi connectivity index (χ0) is 9.42. The number of carbonyl (C=O) groups excluding carboxylic acids is 1. The number of thioether (sulfide) groups is 1. The summed E-state index contributed by atoms with van der Waals surface area (Å²) in [5.74, 6) is -0.952. The van der Waals surface area contributed by atoms with Gasteiger partial charge in [0.25, 0.3) is 0 Å². The number of fused-ring (bicyclic) bond motifs is 1. The van der Waals surface area contributed by atoms with E-state index in [-0.39, 0.29) is 10.7 Å². The summed E-state index contributed by atoms with van der Waals surface area (Å²) in [6.07, 6.45) is 0.348. The molecule has 0 radical (unpaired) electrons. The minimum absolute atomic E-state index is 0.0811. The molecule has 0 bridgehead atoms. The van der Waals surface area contributed by atoms with Crippen molar-refractivity contribution in [3.63, 3.8) is 0 Å². The van der Waals surface area contributed by atoms with Crippen LogP contribution in [-0.4, -0.2) is 16.2 Å². The van der Waals surface area contributed by atoms with Crippen LogP contribution in [0.4, 0.5) is 0 Å². The highest BCUT2D eigenvalue weighted by molar-refractivity contribution is 8.14. The molecule has 0 aliphatic carbocycles. The Hall–Kier alpha value is -1.29. The lowest BCUT2D eigenvalue weighted by molar-refractivity contribution is -0.110. The van der Waals surface area contributed by atoms with E-state index in [1.54, 1.807) is 12.1 Å². The summed E-state index contributed by atoms with van der Waals surface area (Å²) in [7, 11) is 0. The van der Waals surface area contributed by atoms with Crippen LogP contribution in [0.5, 0.6) is 0 Å². The molecule has 1 aliphatic heterocycles. The highest BCUT2D eigenvalue weighted by Gasteiger charge is 2.20. The van der Waals surface area contributed by atoms with Crippen molar-refractivity contribution in [1.82, 2.24) is 0 Å².